The molecule has 0 aliphatic heterocycles. The van der Waals surface area contributed by atoms with Crippen LogP contribution < -0.4 is 0 Å². The van der Waals surface area contributed by atoms with Crippen molar-refractivity contribution in [3.8, 4) is 0 Å². The molecule has 0 saturated heterocycles. The number of hydrogen-bond acceptors (Lipinski definition) is 1. The van der Waals surface area contributed by atoms with E-state index in [2.05, 4.69) is 31.8 Å². The van der Waals surface area contributed by atoms with Crippen LogP contribution in [0.3, 0.4) is 0 Å². The number of carbonyl (C=O) groups is 1. The predicted octanol–water partition coefficient (Wildman–Crippen LogP) is 3.22. The minimum absolute atomic E-state index is 0.104. The van der Waals surface area contributed by atoms with Gasteiger partial charge in [-0.2, -0.15) is 0 Å². The average Bonchev–Trinajstić information content (AvgIpc) is 2.49. The van der Waals surface area contributed by atoms with Crippen molar-refractivity contribution in [3.63, 3.8) is 0 Å². The lowest BCUT2D eigenvalue weighted by Gasteiger charge is -2.16. The third kappa shape index (κ3) is 1.99. The van der Waals surface area contributed by atoms with Gasteiger partial charge in [-0.3, -0.25) is 4.79 Å². The minimum atomic E-state index is 0.104. The van der Waals surface area contributed by atoms with E-state index < -0.39 is 0 Å². The van der Waals surface area contributed by atoms with Gasteiger partial charge in [0.1, 0.15) is 0 Å². The molecule has 15 heavy (non-hydrogen) atoms. The van der Waals surface area contributed by atoms with Gasteiger partial charge in [-0.1, -0.05) is 20.8 Å². The van der Waals surface area contributed by atoms with Crippen molar-refractivity contribution in [1.82, 2.24) is 4.98 Å². The molecule has 0 unspecified atom stereocenters. The Kier molecular flexibility index (Phi) is 2.45. The summed E-state index contributed by atoms with van der Waals surface area (Å²) in [5.41, 5.74) is 3.38. The van der Waals surface area contributed by atoms with Gasteiger partial charge in [-0.15, -0.1) is 0 Å². The Bertz CT molecular complexity index is 382. The first-order chi connectivity index (χ1) is 6.98. The zero-order chi connectivity index (χ0) is 11.1. The number of ketones is 1. The van der Waals surface area contributed by atoms with Crippen LogP contribution in [0.4, 0.5) is 0 Å². The molecule has 1 heterocycles. The summed E-state index contributed by atoms with van der Waals surface area (Å²) < 4.78 is 0. The fraction of sp³-hybridized carbons (Fsp3) is 0.615. The summed E-state index contributed by atoms with van der Waals surface area (Å²) in [6.07, 6.45) is 3.90. The molecule has 1 N–H and O–H groups in total. The standard InChI is InChI=1S/C13H19NO/c1-13(2,3)12-8-9-10(14-12)6-4-5-7-11(9)15/h8,14H,4-7H2,1-3H3. The Morgan fingerprint density at radius 3 is 2.53 bits per heavy atom. The Morgan fingerprint density at radius 2 is 1.87 bits per heavy atom. The summed E-state index contributed by atoms with van der Waals surface area (Å²) >= 11 is 0. The molecule has 1 aliphatic rings. The molecule has 82 valence electrons. The molecular weight excluding hydrogens is 186 g/mol. The molecule has 1 aromatic heterocycles. The molecule has 0 spiro atoms. The van der Waals surface area contributed by atoms with E-state index in [1.807, 2.05) is 0 Å². The summed E-state index contributed by atoms with van der Waals surface area (Å²) in [6.45, 7) is 6.51. The smallest absolute Gasteiger partial charge is 0.164 e. The zero-order valence-electron chi connectivity index (χ0n) is 9.81. The summed E-state index contributed by atoms with van der Waals surface area (Å²) in [6, 6.07) is 2.06. The highest BCUT2D eigenvalue weighted by atomic mass is 16.1. The van der Waals surface area contributed by atoms with Crippen molar-refractivity contribution in [2.75, 3.05) is 0 Å². The van der Waals surface area contributed by atoms with Gasteiger partial charge >= 0.3 is 0 Å². The van der Waals surface area contributed by atoms with Crippen molar-refractivity contribution in [3.05, 3.63) is 23.0 Å². The number of carbonyl (C=O) groups excluding carboxylic acids is 1. The quantitative estimate of drug-likeness (QED) is 0.648. The topological polar surface area (TPSA) is 32.9 Å². The molecule has 0 radical (unpaired) electrons. The van der Waals surface area contributed by atoms with E-state index in [-0.39, 0.29) is 5.41 Å². The highest BCUT2D eigenvalue weighted by Gasteiger charge is 2.23. The summed E-state index contributed by atoms with van der Waals surface area (Å²) in [7, 11) is 0. The second-order valence-corrected chi connectivity index (χ2v) is 5.46. The van der Waals surface area contributed by atoms with E-state index in [1.54, 1.807) is 0 Å². The lowest BCUT2D eigenvalue weighted by molar-refractivity contribution is 0.0982. The molecule has 1 aromatic rings. The molecule has 0 fully saturated rings. The van der Waals surface area contributed by atoms with Crippen LogP contribution in [0.15, 0.2) is 6.07 Å². The molecule has 2 heteroatoms. The van der Waals surface area contributed by atoms with Crippen molar-refractivity contribution < 1.29 is 4.79 Å². The van der Waals surface area contributed by atoms with Crippen LogP contribution in [-0.4, -0.2) is 10.8 Å². The Hall–Kier alpha value is -1.05. The van der Waals surface area contributed by atoms with Crippen LogP contribution in [0.25, 0.3) is 0 Å². The van der Waals surface area contributed by atoms with Gasteiger partial charge in [-0.25, -0.2) is 0 Å². The monoisotopic (exact) mass is 205 g/mol. The first-order valence-electron chi connectivity index (χ1n) is 5.74. The second kappa shape index (κ2) is 3.51. The number of hydrogen-bond donors (Lipinski definition) is 1. The Labute approximate surface area is 91.1 Å². The van der Waals surface area contributed by atoms with Gasteiger partial charge in [0.05, 0.1) is 0 Å². The van der Waals surface area contributed by atoms with Gasteiger partial charge in [0.25, 0.3) is 0 Å². The second-order valence-electron chi connectivity index (χ2n) is 5.46. The van der Waals surface area contributed by atoms with Crippen LogP contribution >= 0.6 is 0 Å². The largest absolute Gasteiger partial charge is 0.361 e. The summed E-state index contributed by atoms with van der Waals surface area (Å²) in [5.74, 6) is 0.314. The van der Waals surface area contributed by atoms with E-state index in [1.165, 1.54) is 5.69 Å². The number of aryl methyl sites for hydroxylation is 1. The third-order valence-corrected chi connectivity index (χ3v) is 3.09. The molecule has 1 aliphatic carbocycles. The van der Waals surface area contributed by atoms with E-state index in [4.69, 9.17) is 0 Å². The van der Waals surface area contributed by atoms with E-state index in [0.717, 1.165) is 30.5 Å². The number of aromatic nitrogens is 1. The molecule has 0 amide bonds. The van der Waals surface area contributed by atoms with Crippen LogP contribution in [0, 0.1) is 0 Å². The Morgan fingerprint density at radius 1 is 1.20 bits per heavy atom. The summed E-state index contributed by atoms with van der Waals surface area (Å²) in [4.78, 5) is 15.2. The maximum Gasteiger partial charge on any atom is 0.164 e. The number of H-pyrrole nitrogens is 1. The highest BCUT2D eigenvalue weighted by Crippen LogP contribution is 2.27. The fourth-order valence-corrected chi connectivity index (χ4v) is 2.07. The predicted molar refractivity (Wildman–Crippen MR) is 61.4 cm³/mol. The van der Waals surface area contributed by atoms with Gasteiger partial charge in [-0.05, 0) is 25.3 Å². The molecule has 2 rings (SSSR count). The normalized spacial score (nSPS) is 17.4. The van der Waals surface area contributed by atoms with Crippen LogP contribution in [0.2, 0.25) is 0 Å². The lowest BCUT2D eigenvalue weighted by atomic mass is 9.92. The van der Waals surface area contributed by atoms with Gasteiger partial charge in [0, 0.05) is 28.8 Å². The number of aromatic amines is 1. The van der Waals surface area contributed by atoms with Crippen molar-refractivity contribution in [2.24, 2.45) is 0 Å². The van der Waals surface area contributed by atoms with E-state index >= 15 is 0 Å². The van der Waals surface area contributed by atoms with E-state index in [0.29, 0.717) is 12.2 Å². The van der Waals surface area contributed by atoms with Crippen molar-refractivity contribution in [1.29, 1.82) is 0 Å². The number of rotatable bonds is 0. The average molecular weight is 205 g/mol. The van der Waals surface area contributed by atoms with E-state index in [9.17, 15) is 4.79 Å². The third-order valence-electron chi connectivity index (χ3n) is 3.09. The van der Waals surface area contributed by atoms with Gasteiger partial charge in [0.2, 0.25) is 0 Å². The first kappa shape index (κ1) is 10.5. The van der Waals surface area contributed by atoms with Crippen LogP contribution in [0.5, 0.6) is 0 Å². The SMILES string of the molecule is CC(C)(C)c1cc2c([nH]1)CCCCC2=O. The van der Waals surface area contributed by atoms with Crippen LogP contribution in [0.1, 0.15) is 61.8 Å². The fourth-order valence-electron chi connectivity index (χ4n) is 2.07. The highest BCUT2D eigenvalue weighted by molar-refractivity contribution is 5.97. The number of nitrogens with one attached hydrogen (secondary N) is 1. The minimum Gasteiger partial charge on any atom is -0.361 e. The lowest BCUT2D eigenvalue weighted by Crippen LogP contribution is -2.11. The van der Waals surface area contributed by atoms with Gasteiger partial charge < -0.3 is 4.98 Å². The molecule has 0 aromatic carbocycles. The zero-order valence-corrected chi connectivity index (χ0v) is 9.81. The molecule has 0 atom stereocenters. The summed E-state index contributed by atoms with van der Waals surface area (Å²) in [5, 5.41) is 0. The molecule has 2 nitrogen and oxygen atoms in total. The molecule has 0 saturated carbocycles. The molecule has 0 bridgehead atoms. The van der Waals surface area contributed by atoms with Crippen LogP contribution in [-0.2, 0) is 11.8 Å². The van der Waals surface area contributed by atoms with Crippen molar-refractivity contribution in [2.45, 2.75) is 51.9 Å². The number of fused-ring (bicyclic) bond motifs is 1. The van der Waals surface area contributed by atoms with Gasteiger partial charge in [0.15, 0.2) is 5.78 Å². The number of Topliss-reactive ketones (excluding diaryl/α,β-unsaturated/α-hetero) is 1. The molecular formula is C13H19NO. The first-order valence-corrected chi connectivity index (χ1v) is 5.74. The maximum absolute atomic E-state index is 11.8. The maximum atomic E-state index is 11.8. The Balaban J connectivity index is 2.42. The van der Waals surface area contributed by atoms with Crippen molar-refractivity contribution >= 4 is 5.78 Å².